The summed E-state index contributed by atoms with van der Waals surface area (Å²) < 4.78 is 13.1. The molecule has 1 N–H and O–H groups in total. The number of rotatable bonds is 7. The van der Waals surface area contributed by atoms with E-state index < -0.39 is 0 Å². The number of nitrogens with one attached hydrogen (secondary N) is 1. The number of hydrogen-bond acceptors (Lipinski definition) is 2. The van der Waals surface area contributed by atoms with Crippen LogP contribution in [0.25, 0.3) is 0 Å². The van der Waals surface area contributed by atoms with Gasteiger partial charge in [-0.3, -0.25) is 0 Å². The largest absolute Gasteiger partial charge is 0.310 e. The first-order valence-electron chi connectivity index (χ1n) is 5.75. The Labute approximate surface area is 102 Å². The minimum atomic E-state index is -0.151. The molecule has 1 rings (SSSR count). The van der Waals surface area contributed by atoms with Crippen LogP contribution in [0, 0.1) is 5.82 Å². The van der Waals surface area contributed by atoms with Crippen molar-refractivity contribution in [2.45, 2.75) is 25.8 Å². The maximum absolute atomic E-state index is 13.1. The number of thioether (sulfide) groups is 1. The first-order chi connectivity index (χ1) is 7.77. The van der Waals surface area contributed by atoms with E-state index in [0.29, 0.717) is 0 Å². The molecule has 0 aliphatic rings. The average Bonchev–Trinajstić information content (AvgIpc) is 2.29. The zero-order valence-electron chi connectivity index (χ0n) is 10.0. The molecular formula is C13H20FNS. The van der Waals surface area contributed by atoms with Gasteiger partial charge in [0.05, 0.1) is 0 Å². The molecule has 0 aromatic heterocycles. The van der Waals surface area contributed by atoms with Crippen molar-refractivity contribution in [2.75, 3.05) is 18.6 Å². The highest BCUT2D eigenvalue weighted by molar-refractivity contribution is 7.98. The zero-order chi connectivity index (χ0) is 11.8. The summed E-state index contributed by atoms with van der Waals surface area (Å²) in [7, 11) is 0. The summed E-state index contributed by atoms with van der Waals surface area (Å²) in [6.45, 7) is 3.12. The van der Waals surface area contributed by atoms with Crippen molar-refractivity contribution < 1.29 is 4.39 Å². The minimum absolute atomic E-state index is 0.151. The van der Waals surface area contributed by atoms with Gasteiger partial charge in [0.2, 0.25) is 0 Å². The third kappa shape index (κ3) is 4.54. The fourth-order valence-corrected chi connectivity index (χ4v) is 2.15. The van der Waals surface area contributed by atoms with E-state index >= 15 is 0 Å². The summed E-state index contributed by atoms with van der Waals surface area (Å²) in [6, 6.07) is 7.15. The van der Waals surface area contributed by atoms with Gasteiger partial charge in [0, 0.05) is 6.04 Å². The predicted octanol–water partition coefficient (Wildman–Crippen LogP) is 3.62. The Bertz CT molecular complexity index is 304. The second kappa shape index (κ2) is 7.69. The van der Waals surface area contributed by atoms with E-state index in [9.17, 15) is 4.39 Å². The lowest BCUT2D eigenvalue weighted by atomic mass is 10.0. The first-order valence-corrected chi connectivity index (χ1v) is 7.15. The Kier molecular flexibility index (Phi) is 6.50. The second-order valence-corrected chi connectivity index (χ2v) is 4.80. The van der Waals surface area contributed by atoms with Gasteiger partial charge in [0.15, 0.2) is 0 Å². The highest BCUT2D eigenvalue weighted by Gasteiger charge is 2.08. The molecule has 0 amide bonds. The van der Waals surface area contributed by atoms with E-state index in [1.165, 1.54) is 11.8 Å². The van der Waals surface area contributed by atoms with E-state index in [4.69, 9.17) is 0 Å². The van der Waals surface area contributed by atoms with Crippen molar-refractivity contribution in [3.05, 3.63) is 35.6 Å². The monoisotopic (exact) mass is 241 g/mol. The summed E-state index contributed by atoms with van der Waals surface area (Å²) in [5.41, 5.74) is 1.05. The molecule has 0 radical (unpaired) electrons. The Morgan fingerprint density at radius 2 is 2.25 bits per heavy atom. The summed E-state index contributed by atoms with van der Waals surface area (Å²) in [5.74, 6) is 1.02. The van der Waals surface area contributed by atoms with Crippen LogP contribution in [0.1, 0.15) is 31.4 Å². The molecule has 0 aliphatic heterocycles. The molecule has 1 atom stereocenters. The van der Waals surface area contributed by atoms with Gasteiger partial charge in [-0.05, 0) is 49.1 Å². The van der Waals surface area contributed by atoms with Crippen molar-refractivity contribution in [3.63, 3.8) is 0 Å². The molecule has 0 heterocycles. The van der Waals surface area contributed by atoms with Gasteiger partial charge in [0.25, 0.3) is 0 Å². The SMILES string of the molecule is CCC(NCCCSC)c1cccc(F)c1. The summed E-state index contributed by atoms with van der Waals surface area (Å²) in [5, 5.41) is 3.47. The summed E-state index contributed by atoms with van der Waals surface area (Å²) in [6.07, 6.45) is 4.26. The lowest BCUT2D eigenvalue weighted by molar-refractivity contribution is 0.515. The van der Waals surface area contributed by atoms with Crippen molar-refractivity contribution >= 4 is 11.8 Å². The number of hydrogen-bond donors (Lipinski definition) is 1. The highest BCUT2D eigenvalue weighted by Crippen LogP contribution is 2.17. The zero-order valence-corrected chi connectivity index (χ0v) is 10.8. The fourth-order valence-electron chi connectivity index (χ4n) is 1.71. The molecule has 0 aliphatic carbocycles. The molecular weight excluding hydrogens is 221 g/mol. The molecule has 1 unspecified atom stereocenters. The fraction of sp³-hybridized carbons (Fsp3) is 0.538. The van der Waals surface area contributed by atoms with Crippen molar-refractivity contribution in [2.24, 2.45) is 0 Å². The van der Waals surface area contributed by atoms with Crippen molar-refractivity contribution in [3.8, 4) is 0 Å². The van der Waals surface area contributed by atoms with E-state index in [1.807, 2.05) is 17.8 Å². The van der Waals surface area contributed by atoms with Crippen molar-refractivity contribution in [1.29, 1.82) is 0 Å². The van der Waals surface area contributed by atoms with Crippen LogP contribution in [0.4, 0.5) is 4.39 Å². The average molecular weight is 241 g/mol. The summed E-state index contributed by atoms with van der Waals surface area (Å²) in [4.78, 5) is 0. The van der Waals surface area contributed by atoms with Gasteiger partial charge in [-0.25, -0.2) is 4.39 Å². The van der Waals surface area contributed by atoms with Crippen LogP contribution in [-0.2, 0) is 0 Å². The molecule has 3 heteroatoms. The topological polar surface area (TPSA) is 12.0 Å². The number of halogens is 1. The highest BCUT2D eigenvalue weighted by atomic mass is 32.2. The maximum Gasteiger partial charge on any atom is 0.123 e. The molecule has 0 saturated carbocycles. The van der Waals surface area contributed by atoms with Crippen LogP contribution in [0.2, 0.25) is 0 Å². The van der Waals surface area contributed by atoms with E-state index in [1.54, 1.807) is 12.1 Å². The van der Waals surface area contributed by atoms with Gasteiger partial charge >= 0.3 is 0 Å². The van der Waals surface area contributed by atoms with Gasteiger partial charge < -0.3 is 5.32 Å². The lowest BCUT2D eigenvalue weighted by Crippen LogP contribution is -2.22. The van der Waals surface area contributed by atoms with Crippen LogP contribution in [-0.4, -0.2) is 18.6 Å². The third-order valence-electron chi connectivity index (χ3n) is 2.58. The maximum atomic E-state index is 13.1. The quantitative estimate of drug-likeness (QED) is 0.732. The predicted molar refractivity (Wildman–Crippen MR) is 70.4 cm³/mol. The Morgan fingerprint density at radius 3 is 2.88 bits per heavy atom. The van der Waals surface area contributed by atoms with Crippen LogP contribution in [0.3, 0.4) is 0 Å². The molecule has 0 bridgehead atoms. The van der Waals surface area contributed by atoms with Crippen LogP contribution < -0.4 is 5.32 Å². The summed E-state index contributed by atoms with van der Waals surface area (Å²) >= 11 is 1.86. The van der Waals surface area contributed by atoms with Gasteiger partial charge in [-0.15, -0.1) is 0 Å². The van der Waals surface area contributed by atoms with E-state index in [2.05, 4.69) is 18.5 Å². The minimum Gasteiger partial charge on any atom is -0.310 e. The molecule has 1 aromatic carbocycles. The van der Waals surface area contributed by atoms with Crippen LogP contribution in [0.5, 0.6) is 0 Å². The normalized spacial score (nSPS) is 12.7. The second-order valence-electron chi connectivity index (χ2n) is 3.82. The van der Waals surface area contributed by atoms with Crippen LogP contribution in [0.15, 0.2) is 24.3 Å². The molecule has 0 spiro atoms. The first kappa shape index (κ1) is 13.5. The van der Waals surface area contributed by atoms with Gasteiger partial charge in [-0.2, -0.15) is 11.8 Å². The van der Waals surface area contributed by atoms with E-state index in [0.717, 1.165) is 24.9 Å². The Hall–Kier alpha value is -0.540. The number of benzene rings is 1. The Balaban J connectivity index is 2.47. The molecule has 0 saturated heterocycles. The molecule has 1 aromatic rings. The van der Waals surface area contributed by atoms with Crippen molar-refractivity contribution in [1.82, 2.24) is 5.32 Å². The molecule has 90 valence electrons. The van der Waals surface area contributed by atoms with Gasteiger partial charge in [0.1, 0.15) is 5.82 Å². The Morgan fingerprint density at radius 1 is 1.44 bits per heavy atom. The van der Waals surface area contributed by atoms with Gasteiger partial charge in [-0.1, -0.05) is 19.1 Å². The third-order valence-corrected chi connectivity index (χ3v) is 3.27. The molecule has 0 fully saturated rings. The molecule has 16 heavy (non-hydrogen) atoms. The molecule has 1 nitrogen and oxygen atoms in total. The standard InChI is InChI=1S/C13H20FNS/c1-3-13(15-8-5-9-16-2)11-6-4-7-12(14)10-11/h4,6-7,10,13,15H,3,5,8-9H2,1-2H3. The van der Waals surface area contributed by atoms with Crippen LogP contribution >= 0.6 is 11.8 Å². The lowest BCUT2D eigenvalue weighted by Gasteiger charge is -2.17. The van der Waals surface area contributed by atoms with E-state index in [-0.39, 0.29) is 11.9 Å². The smallest absolute Gasteiger partial charge is 0.123 e.